The van der Waals surface area contributed by atoms with Crippen LogP contribution in [-0.2, 0) is 6.61 Å². The molecule has 0 fully saturated rings. The van der Waals surface area contributed by atoms with Gasteiger partial charge in [-0.25, -0.2) is 8.78 Å². The first-order valence-electron chi connectivity index (χ1n) is 3.70. The molecule has 0 saturated carbocycles. The van der Waals surface area contributed by atoms with Crippen molar-refractivity contribution in [2.75, 3.05) is 0 Å². The largest absolute Gasteiger partial charge is 0.392 e. The quantitative estimate of drug-likeness (QED) is 0.478. The molecule has 1 heterocycles. The van der Waals surface area contributed by atoms with Crippen LogP contribution in [0.25, 0.3) is 0 Å². The molecule has 82 valence electrons. The number of nitro groups is 1. The lowest BCUT2D eigenvalue weighted by Gasteiger charge is -2.05. The van der Waals surface area contributed by atoms with E-state index >= 15 is 0 Å². The minimum Gasteiger partial charge on any atom is -0.392 e. The van der Waals surface area contributed by atoms with Crippen LogP contribution in [0.3, 0.4) is 0 Å². The fourth-order valence-corrected chi connectivity index (χ4v) is 1.07. The molecule has 15 heavy (non-hydrogen) atoms. The van der Waals surface area contributed by atoms with Crippen LogP contribution in [0, 0.1) is 16.1 Å². The lowest BCUT2D eigenvalue weighted by atomic mass is 10.1. The fraction of sp³-hybridized carbons (Fsp3) is 0.286. The summed E-state index contributed by atoms with van der Waals surface area (Å²) in [5, 5.41) is 19.0. The van der Waals surface area contributed by atoms with Crippen LogP contribution >= 0.6 is 0 Å². The molecule has 1 N–H and O–H groups in total. The molecular weight excluding hydrogens is 217 g/mol. The molecule has 8 heteroatoms. The molecule has 0 aliphatic carbocycles. The van der Waals surface area contributed by atoms with Crippen molar-refractivity contribution >= 4 is 5.82 Å². The number of pyridine rings is 1. The first-order chi connectivity index (χ1) is 6.97. The summed E-state index contributed by atoms with van der Waals surface area (Å²) in [7, 11) is 0. The van der Waals surface area contributed by atoms with Gasteiger partial charge in [0, 0.05) is 11.6 Å². The van der Waals surface area contributed by atoms with Crippen molar-refractivity contribution in [2.24, 2.45) is 0 Å². The zero-order valence-corrected chi connectivity index (χ0v) is 7.15. The van der Waals surface area contributed by atoms with Gasteiger partial charge in [0.25, 0.3) is 6.43 Å². The third kappa shape index (κ3) is 2.21. The first-order valence-corrected chi connectivity index (χ1v) is 3.70. The molecule has 1 rings (SSSR count). The standard InChI is InChI=1S/C7H5F3N2O3/c8-4-1-3(2-13)5(6(9)10)7(11-4)12(14)15/h1,6,13H,2H2. The van der Waals surface area contributed by atoms with Gasteiger partial charge in [-0.2, -0.15) is 4.39 Å². The summed E-state index contributed by atoms with van der Waals surface area (Å²) in [6, 6.07) is 0.536. The van der Waals surface area contributed by atoms with Crippen molar-refractivity contribution < 1.29 is 23.2 Å². The molecule has 0 unspecified atom stereocenters. The predicted molar refractivity (Wildman–Crippen MR) is 41.7 cm³/mol. The van der Waals surface area contributed by atoms with Crippen LogP contribution in [-0.4, -0.2) is 15.0 Å². The summed E-state index contributed by atoms with van der Waals surface area (Å²) < 4.78 is 37.4. The second-order valence-corrected chi connectivity index (χ2v) is 2.56. The van der Waals surface area contributed by atoms with Gasteiger partial charge in [0.2, 0.25) is 0 Å². The monoisotopic (exact) mass is 222 g/mol. The molecule has 0 radical (unpaired) electrons. The van der Waals surface area contributed by atoms with Gasteiger partial charge in [-0.15, -0.1) is 0 Å². The summed E-state index contributed by atoms with van der Waals surface area (Å²) in [6.07, 6.45) is -3.19. The Kier molecular flexibility index (Phi) is 3.20. The van der Waals surface area contributed by atoms with Crippen molar-refractivity contribution in [1.82, 2.24) is 4.98 Å². The Morgan fingerprint density at radius 1 is 1.60 bits per heavy atom. The Bertz CT molecular complexity index is 397. The Balaban J connectivity index is 3.47. The second-order valence-electron chi connectivity index (χ2n) is 2.56. The zero-order chi connectivity index (χ0) is 11.6. The highest BCUT2D eigenvalue weighted by Gasteiger charge is 2.28. The van der Waals surface area contributed by atoms with E-state index in [0.29, 0.717) is 6.07 Å². The van der Waals surface area contributed by atoms with E-state index in [1.165, 1.54) is 0 Å². The van der Waals surface area contributed by atoms with E-state index in [4.69, 9.17) is 5.11 Å². The average Bonchev–Trinajstić information content (AvgIpc) is 2.15. The first kappa shape index (κ1) is 11.4. The van der Waals surface area contributed by atoms with E-state index in [-0.39, 0.29) is 0 Å². The lowest BCUT2D eigenvalue weighted by molar-refractivity contribution is -0.391. The van der Waals surface area contributed by atoms with Gasteiger partial charge < -0.3 is 15.2 Å². The third-order valence-corrected chi connectivity index (χ3v) is 1.65. The van der Waals surface area contributed by atoms with Gasteiger partial charge in [0.15, 0.2) is 0 Å². The van der Waals surface area contributed by atoms with Crippen molar-refractivity contribution in [2.45, 2.75) is 13.0 Å². The van der Waals surface area contributed by atoms with Crippen molar-refractivity contribution in [3.63, 3.8) is 0 Å². The maximum atomic E-state index is 12.6. The number of hydrogen-bond acceptors (Lipinski definition) is 4. The fourth-order valence-electron chi connectivity index (χ4n) is 1.07. The van der Waals surface area contributed by atoms with Crippen LogP contribution in [0.5, 0.6) is 0 Å². The summed E-state index contributed by atoms with van der Waals surface area (Å²) >= 11 is 0. The highest BCUT2D eigenvalue weighted by molar-refractivity contribution is 5.40. The molecule has 0 aliphatic heterocycles. The van der Waals surface area contributed by atoms with Crippen LogP contribution in [0.4, 0.5) is 19.0 Å². The summed E-state index contributed by atoms with van der Waals surface area (Å²) in [5.41, 5.74) is -1.59. The number of aromatic nitrogens is 1. The van der Waals surface area contributed by atoms with E-state index < -0.39 is 40.8 Å². The Morgan fingerprint density at radius 2 is 2.20 bits per heavy atom. The number of alkyl halides is 2. The molecule has 1 aromatic heterocycles. The minimum absolute atomic E-state index is 0.536. The van der Waals surface area contributed by atoms with Crippen LogP contribution in [0.1, 0.15) is 17.6 Å². The Labute approximate surface area is 81.3 Å². The second kappa shape index (κ2) is 4.22. The van der Waals surface area contributed by atoms with Gasteiger partial charge in [-0.3, -0.25) is 0 Å². The van der Waals surface area contributed by atoms with Gasteiger partial charge >= 0.3 is 11.8 Å². The molecule has 0 amide bonds. The summed E-state index contributed by atoms with van der Waals surface area (Å²) in [5.74, 6) is -2.55. The van der Waals surface area contributed by atoms with E-state index in [1.807, 2.05) is 0 Å². The average molecular weight is 222 g/mol. The molecule has 0 aromatic carbocycles. The molecule has 0 atom stereocenters. The van der Waals surface area contributed by atoms with E-state index in [0.717, 1.165) is 0 Å². The molecular formula is C7H5F3N2O3. The molecule has 0 spiro atoms. The summed E-state index contributed by atoms with van der Waals surface area (Å²) in [6.45, 7) is -0.917. The smallest absolute Gasteiger partial charge is 0.376 e. The van der Waals surface area contributed by atoms with Crippen molar-refractivity contribution in [1.29, 1.82) is 0 Å². The van der Waals surface area contributed by atoms with E-state index in [1.54, 1.807) is 0 Å². The Morgan fingerprint density at radius 3 is 2.60 bits per heavy atom. The molecule has 5 nitrogen and oxygen atoms in total. The van der Waals surface area contributed by atoms with Crippen molar-refractivity contribution in [3.8, 4) is 0 Å². The number of halogens is 3. The van der Waals surface area contributed by atoms with Gasteiger partial charge in [-0.1, -0.05) is 0 Å². The normalized spacial score (nSPS) is 10.7. The van der Waals surface area contributed by atoms with Gasteiger partial charge in [-0.05, 0) is 9.91 Å². The summed E-state index contributed by atoms with van der Waals surface area (Å²) in [4.78, 5) is 11.8. The maximum absolute atomic E-state index is 12.6. The lowest BCUT2D eigenvalue weighted by Crippen LogP contribution is -2.05. The van der Waals surface area contributed by atoms with Gasteiger partial charge in [0.1, 0.15) is 5.56 Å². The SMILES string of the molecule is O=[N+]([O-])c1nc(F)cc(CO)c1C(F)F. The highest BCUT2D eigenvalue weighted by atomic mass is 19.3. The molecule has 1 aromatic rings. The van der Waals surface area contributed by atoms with Crippen LogP contribution in [0.15, 0.2) is 6.07 Å². The predicted octanol–water partition coefficient (Wildman–Crippen LogP) is 1.56. The molecule has 0 aliphatic rings. The van der Waals surface area contributed by atoms with Crippen molar-refractivity contribution in [3.05, 3.63) is 33.3 Å². The molecule has 0 bridgehead atoms. The Hall–Kier alpha value is -1.70. The van der Waals surface area contributed by atoms with Crippen LogP contribution < -0.4 is 0 Å². The van der Waals surface area contributed by atoms with E-state index in [9.17, 15) is 23.3 Å². The highest BCUT2D eigenvalue weighted by Crippen LogP contribution is 2.30. The van der Waals surface area contributed by atoms with E-state index in [2.05, 4.69) is 4.98 Å². The minimum atomic E-state index is -3.19. The number of aliphatic hydroxyl groups is 1. The number of rotatable bonds is 3. The molecule has 0 saturated heterocycles. The van der Waals surface area contributed by atoms with Crippen LogP contribution in [0.2, 0.25) is 0 Å². The number of nitrogens with zero attached hydrogens (tertiary/aromatic N) is 2. The number of aliphatic hydroxyl groups excluding tert-OH is 1. The zero-order valence-electron chi connectivity index (χ0n) is 7.15. The van der Waals surface area contributed by atoms with Gasteiger partial charge in [0.05, 0.1) is 6.61 Å². The maximum Gasteiger partial charge on any atom is 0.376 e. The third-order valence-electron chi connectivity index (χ3n) is 1.65. The number of hydrogen-bond donors (Lipinski definition) is 1. The topological polar surface area (TPSA) is 76.3 Å².